The molecule has 0 saturated carbocycles. The summed E-state index contributed by atoms with van der Waals surface area (Å²) in [7, 11) is 3.18. The molecule has 20 heavy (non-hydrogen) atoms. The molecule has 0 saturated heterocycles. The third-order valence-electron chi connectivity index (χ3n) is 2.86. The fourth-order valence-corrected chi connectivity index (χ4v) is 2.98. The highest BCUT2D eigenvalue weighted by Gasteiger charge is 2.11. The number of rotatable bonds is 3. The van der Waals surface area contributed by atoms with Crippen molar-refractivity contribution in [3.8, 4) is 5.75 Å². The molecule has 0 fully saturated rings. The van der Waals surface area contributed by atoms with E-state index >= 15 is 0 Å². The van der Waals surface area contributed by atoms with Gasteiger partial charge in [0.15, 0.2) is 0 Å². The van der Waals surface area contributed by atoms with Gasteiger partial charge in [0.2, 0.25) is 0 Å². The predicted octanol–water partition coefficient (Wildman–Crippen LogP) is 1.97. The molecular weight excluding hydrogens is 439 g/mol. The number of ether oxygens (including phenoxy) is 1. The molecule has 1 aromatic carbocycles. The molecule has 0 spiro atoms. The van der Waals surface area contributed by atoms with E-state index in [1.165, 1.54) is 15.3 Å². The maximum atomic E-state index is 12.1. The summed E-state index contributed by atoms with van der Waals surface area (Å²) in [6.07, 6.45) is 1.53. The van der Waals surface area contributed by atoms with Gasteiger partial charge in [-0.1, -0.05) is 15.9 Å². The lowest BCUT2D eigenvalue weighted by molar-refractivity contribution is 0.407. The summed E-state index contributed by atoms with van der Waals surface area (Å²) in [5.41, 5.74) is 0.122. The molecule has 0 unspecified atom stereocenters. The maximum Gasteiger partial charge on any atom is 0.331 e. The van der Waals surface area contributed by atoms with Gasteiger partial charge in [-0.2, -0.15) is 0 Å². The van der Waals surface area contributed by atoms with Crippen LogP contribution < -0.4 is 16.0 Å². The van der Waals surface area contributed by atoms with Gasteiger partial charge in [-0.3, -0.25) is 9.36 Å². The molecule has 2 aromatic rings. The largest absolute Gasteiger partial charge is 0.496 e. The van der Waals surface area contributed by atoms with Crippen LogP contribution in [0.1, 0.15) is 5.56 Å². The van der Waals surface area contributed by atoms with E-state index in [1.54, 1.807) is 20.2 Å². The molecule has 2 rings (SSSR count). The minimum Gasteiger partial charge on any atom is -0.496 e. The van der Waals surface area contributed by atoms with Crippen LogP contribution in [-0.4, -0.2) is 16.2 Å². The predicted molar refractivity (Wildman–Crippen MR) is 88.5 cm³/mol. The standard InChI is InChI=1S/C13H12BrIN2O3/c1-16-7-10(15)12(18)17(13(16)19)6-8-5-9(14)3-4-11(8)20-2/h3-5,7H,6H2,1-2H3. The first-order valence-electron chi connectivity index (χ1n) is 5.72. The Morgan fingerprint density at radius 2 is 2.05 bits per heavy atom. The maximum absolute atomic E-state index is 12.1. The van der Waals surface area contributed by atoms with Crippen LogP contribution >= 0.6 is 38.5 Å². The van der Waals surface area contributed by atoms with E-state index in [1.807, 2.05) is 34.7 Å². The Balaban J connectivity index is 2.59. The summed E-state index contributed by atoms with van der Waals surface area (Å²) < 4.78 is 9.23. The molecule has 1 heterocycles. The first-order chi connectivity index (χ1) is 9.43. The average molecular weight is 451 g/mol. The summed E-state index contributed by atoms with van der Waals surface area (Å²) in [4.78, 5) is 24.2. The highest BCUT2D eigenvalue weighted by atomic mass is 127. The topological polar surface area (TPSA) is 53.2 Å². The Bertz CT molecular complexity index is 733. The minimum absolute atomic E-state index is 0.172. The van der Waals surface area contributed by atoms with Crippen molar-refractivity contribution in [1.82, 2.24) is 9.13 Å². The van der Waals surface area contributed by atoms with E-state index < -0.39 is 0 Å². The second-order valence-electron chi connectivity index (χ2n) is 4.22. The average Bonchev–Trinajstić information content (AvgIpc) is 2.41. The lowest BCUT2D eigenvalue weighted by atomic mass is 10.2. The summed E-state index contributed by atoms with van der Waals surface area (Å²) in [6, 6.07) is 5.48. The van der Waals surface area contributed by atoms with Gasteiger partial charge in [0, 0.05) is 23.3 Å². The minimum atomic E-state index is -0.350. The van der Waals surface area contributed by atoms with Gasteiger partial charge < -0.3 is 9.30 Å². The number of benzene rings is 1. The van der Waals surface area contributed by atoms with E-state index in [0.717, 1.165) is 10.0 Å². The van der Waals surface area contributed by atoms with Crippen LogP contribution in [0.15, 0.2) is 38.5 Å². The summed E-state index contributed by atoms with van der Waals surface area (Å²) in [5.74, 6) is 0.640. The van der Waals surface area contributed by atoms with Gasteiger partial charge in [0.25, 0.3) is 5.56 Å². The number of aromatic nitrogens is 2. The molecule has 0 N–H and O–H groups in total. The van der Waals surface area contributed by atoms with Crippen molar-refractivity contribution in [2.24, 2.45) is 7.05 Å². The highest BCUT2D eigenvalue weighted by molar-refractivity contribution is 14.1. The first-order valence-corrected chi connectivity index (χ1v) is 7.59. The van der Waals surface area contributed by atoms with Gasteiger partial charge in [0.1, 0.15) is 5.75 Å². The molecule has 0 bridgehead atoms. The zero-order chi connectivity index (χ0) is 14.9. The Hall–Kier alpha value is -1.09. The van der Waals surface area contributed by atoms with Crippen LogP contribution in [0.3, 0.4) is 0 Å². The van der Waals surface area contributed by atoms with Gasteiger partial charge in [-0.25, -0.2) is 4.79 Å². The third kappa shape index (κ3) is 2.98. The second-order valence-corrected chi connectivity index (χ2v) is 6.30. The van der Waals surface area contributed by atoms with Crippen LogP contribution in [-0.2, 0) is 13.6 Å². The number of aryl methyl sites for hydroxylation is 1. The number of methoxy groups -OCH3 is 1. The fourth-order valence-electron chi connectivity index (χ4n) is 1.87. The second kappa shape index (κ2) is 6.13. The SMILES string of the molecule is COc1ccc(Br)cc1Cn1c(=O)c(I)cn(C)c1=O. The molecule has 1 aromatic heterocycles. The Labute approximate surface area is 137 Å². The number of nitrogens with zero attached hydrogens (tertiary/aromatic N) is 2. The van der Waals surface area contributed by atoms with Gasteiger partial charge in [0.05, 0.1) is 17.2 Å². The lowest BCUT2D eigenvalue weighted by Crippen LogP contribution is -2.40. The smallest absolute Gasteiger partial charge is 0.331 e. The van der Waals surface area contributed by atoms with Crippen LogP contribution in [0.4, 0.5) is 0 Å². The van der Waals surface area contributed by atoms with E-state index in [4.69, 9.17) is 4.74 Å². The van der Waals surface area contributed by atoms with Gasteiger partial charge in [-0.15, -0.1) is 0 Å². The molecule has 5 nitrogen and oxygen atoms in total. The van der Waals surface area contributed by atoms with Crippen molar-refractivity contribution in [3.63, 3.8) is 0 Å². The number of hydrogen-bond acceptors (Lipinski definition) is 3. The van der Waals surface area contributed by atoms with Crippen LogP contribution in [0.2, 0.25) is 0 Å². The number of halogens is 2. The number of hydrogen-bond donors (Lipinski definition) is 0. The quantitative estimate of drug-likeness (QED) is 0.672. The zero-order valence-electron chi connectivity index (χ0n) is 10.9. The van der Waals surface area contributed by atoms with E-state index in [9.17, 15) is 9.59 Å². The van der Waals surface area contributed by atoms with E-state index in [2.05, 4.69) is 15.9 Å². The van der Waals surface area contributed by atoms with Gasteiger partial charge in [-0.05, 0) is 40.8 Å². The van der Waals surface area contributed by atoms with Crippen molar-refractivity contribution in [1.29, 1.82) is 0 Å². The Morgan fingerprint density at radius 3 is 2.70 bits per heavy atom. The monoisotopic (exact) mass is 450 g/mol. The summed E-state index contributed by atoms with van der Waals surface area (Å²) in [6.45, 7) is 0.172. The van der Waals surface area contributed by atoms with Crippen LogP contribution in [0.5, 0.6) is 5.75 Å². The van der Waals surface area contributed by atoms with E-state index in [-0.39, 0.29) is 17.8 Å². The molecule has 0 amide bonds. The zero-order valence-corrected chi connectivity index (χ0v) is 14.6. The van der Waals surface area contributed by atoms with Crippen molar-refractivity contribution in [2.75, 3.05) is 7.11 Å². The van der Waals surface area contributed by atoms with Crippen LogP contribution in [0, 0.1) is 3.57 Å². The normalized spacial score (nSPS) is 10.6. The molecule has 0 aliphatic carbocycles. The van der Waals surface area contributed by atoms with Gasteiger partial charge >= 0.3 is 5.69 Å². The van der Waals surface area contributed by atoms with E-state index in [0.29, 0.717) is 9.32 Å². The van der Waals surface area contributed by atoms with Crippen LogP contribution in [0.25, 0.3) is 0 Å². The molecule has 0 aliphatic rings. The Kier molecular flexibility index (Phi) is 4.69. The lowest BCUT2D eigenvalue weighted by Gasteiger charge is -2.11. The molecule has 0 aliphatic heterocycles. The van der Waals surface area contributed by atoms with Crippen molar-refractivity contribution >= 4 is 38.5 Å². The molecule has 7 heteroatoms. The summed E-state index contributed by atoms with van der Waals surface area (Å²) in [5, 5.41) is 0. The molecule has 0 radical (unpaired) electrons. The van der Waals surface area contributed by atoms with Crippen molar-refractivity contribution in [3.05, 3.63) is 58.8 Å². The molecule has 106 valence electrons. The van der Waals surface area contributed by atoms with Crippen molar-refractivity contribution in [2.45, 2.75) is 6.54 Å². The molecule has 0 atom stereocenters. The Morgan fingerprint density at radius 1 is 1.35 bits per heavy atom. The first kappa shape index (κ1) is 15.3. The van der Waals surface area contributed by atoms with Crippen molar-refractivity contribution < 1.29 is 4.74 Å². The summed E-state index contributed by atoms with van der Waals surface area (Å²) >= 11 is 5.30. The fraction of sp³-hybridized carbons (Fsp3) is 0.231. The third-order valence-corrected chi connectivity index (χ3v) is 4.09. The molecular formula is C13H12BrIN2O3. The highest BCUT2D eigenvalue weighted by Crippen LogP contribution is 2.23.